The molecular formula is C22H33N3O6. The molecular weight excluding hydrogens is 402 g/mol. The van der Waals surface area contributed by atoms with E-state index in [1.165, 1.54) is 0 Å². The van der Waals surface area contributed by atoms with Gasteiger partial charge in [-0.15, -0.1) is 0 Å². The summed E-state index contributed by atoms with van der Waals surface area (Å²) in [7, 11) is 1.55. The summed E-state index contributed by atoms with van der Waals surface area (Å²) in [5.41, 5.74) is 1.75. The van der Waals surface area contributed by atoms with Crippen molar-refractivity contribution in [3.8, 4) is 0 Å². The lowest BCUT2D eigenvalue weighted by molar-refractivity contribution is -0.144. The summed E-state index contributed by atoms with van der Waals surface area (Å²) in [6.45, 7) is 3.14. The number of nitrogens with one attached hydrogen (secondary N) is 3. The van der Waals surface area contributed by atoms with Crippen LogP contribution in [0.1, 0.15) is 43.7 Å². The molecule has 31 heavy (non-hydrogen) atoms. The zero-order valence-corrected chi connectivity index (χ0v) is 18.3. The Hall–Kier alpha value is -2.94. The highest BCUT2D eigenvalue weighted by molar-refractivity contribution is 5.80. The van der Waals surface area contributed by atoms with Crippen molar-refractivity contribution in [1.82, 2.24) is 16.0 Å². The summed E-state index contributed by atoms with van der Waals surface area (Å²) in [5, 5.41) is 7.96. The summed E-state index contributed by atoms with van der Waals surface area (Å²) in [4.78, 5) is 46.0. The molecule has 0 saturated heterocycles. The normalized spacial score (nSPS) is 10.3. The fraction of sp³-hybridized carbons (Fsp3) is 0.545. The van der Waals surface area contributed by atoms with Gasteiger partial charge in [-0.2, -0.15) is 0 Å². The van der Waals surface area contributed by atoms with E-state index in [-0.39, 0.29) is 43.1 Å². The maximum atomic E-state index is 11.9. The molecule has 1 aromatic carbocycles. The average Bonchev–Trinajstić information content (AvgIpc) is 2.75. The highest BCUT2D eigenvalue weighted by atomic mass is 16.5. The van der Waals surface area contributed by atoms with Crippen molar-refractivity contribution in [2.45, 2.75) is 45.6 Å². The van der Waals surface area contributed by atoms with E-state index in [9.17, 15) is 19.2 Å². The second-order valence-electron chi connectivity index (χ2n) is 6.92. The second-order valence-corrected chi connectivity index (χ2v) is 6.92. The average molecular weight is 436 g/mol. The van der Waals surface area contributed by atoms with Gasteiger partial charge in [0, 0.05) is 39.4 Å². The van der Waals surface area contributed by atoms with Gasteiger partial charge in [0.2, 0.25) is 17.7 Å². The second kappa shape index (κ2) is 15.8. The molecule has 0 aliphatic heterocycles. The van der Waals surface area contributed by atoms with Gasteiger partial charge < -0.3 is 25.4 Å². The van der Waals surface area contributed by atoms with Gasteiger partial charge in [-0.05, 0) is 17.5 Å². The molecule has 9 heteroatoms. The Morgan fingerprint density at radius 2 is 1.58 bits per heavy atom. The van der Waals surface area contributed by atoms with Crippen LogP contribution in [-0.2, 0) is 41.6 Å². The van der Waals surface area contributed by atoms with Crippen molar-refractivity contribution in [3.05, 3.63) is 35.4 Å². The van der Waals surface area contributed by atoms with E-state index in [0.29, 0.717) is 39.1 Å². The van der Waals surface area contributed by atoms with Gasteiger partial charge in [0.05, 0.1) is 19.6 Å². The van der Waals surface area contributed by atoms with E-state index in [2.05, 4.69) is 16.0 Å². The Labute approximate surface area is 183 Å². The van der Waals surface area contributed by atoms with Crippen LogP contribution in [0.25, 0.3) is 0 Å². The standard InChI is InChI=1S/C22H33N3O6/c1-3-5-22(29)31-13-4-12-30-16-21(28)25-15-18-8-6-17(7-9-18)14-20(27)24-11-10-19(26)23-2/h6-9H,3-5,10-16H2,1-2H3,(H,23,26)(H,24,27)(H,25,28). The number of esters is 1. The van der Waals surface area contributed by atoms with Gasteiger partial charge >= 0.3 is 5.97 Å². The lowest BCUT2D eigenvalue weighted by Gasteiger charge is -2.08. The number of ether oxygens (including phenoxy) is 2. The van der Waals surface area contributed by atoms with Crippen molar-refractivity contribution < 1.29 is 28.7 Å². The fourth-order valence-electron chi connectivity index (χ4n) is 2.50. The van der Waals surface area contributed by atoms with Crippen LogP contribution in [0.15, 0.2) is 24.3 Å². The molecule has 0 aromatic heterocycles. The number of amides is 3. The van der Waals surface area contributed by atoms with Crippen molar-refractivity contribution in [2.24, 2.45) is 0 Å². The van der Waals surface area contributed by atoms with Crippen molar-refractivity contribution in [1.29, 1.82) is 0 Å². The van der Waals surface area contributed by atoms with Gasteiger partial charge in [0.25, 0.3) is 0 Å². The maximum absolute atomic E-state index is 11.9. The molecule has 0 fully saturated rings. The topological polar surface area (TPSA) is 123 Å². The van der Waals surface area contributed by atoms with Gasteiger partial charge in [-0.1, -0.05) is 31.2 Å². The molecule has 0 aliphatic carbocycles. The third-order valence-electron chi connectivity index (χ3n) is 4.21. The van der Waals surface area contributed by atoms with Crippen molar-refractivity contribution in [3.63, 3.8) is 0 Å². The Bertz CT molecular complexity index is 706. The minimum Gasteiger partial charge on any atom is -0.466 e. The molecule has 0 aliphatic rings. The number of carbonyl (C=O) groups excluding carboxylic acids is 4. The summed E-state index contributed by atoms with van der Waals surface area (Å²) >= 11 is 0. The molecule has 172 valence electrons. The monoisotopic (exact) mass is 435 g/mol. The molecule has 0 atom stereocenters. The predicted molar refractivity (Wildman–Crippen MR) is 115 cm³/mol. The first-order chi connectivity index (χ1) is 14.9. The molecule has 0 bridgehead atoms. The molecule has 0 unspecified atom stereocenters. The highest BCUT2D eigenvalue weighted by Crippen LogP contribution is 2.05. The number of rotatable bonds is 15. The van der Waals surface area contributed by atoms with E-state index < -0.39 is 0 Å². The molecule has 0 saturated carbocycles. The van der Waals surface area contributed by atoms with Crippen LogP contribution in [0, 0.1) is 0 Å². The van der Waals surface area contributed by atoms with Crippen LogP contribution >= 0.6 is 0 Å². The first-order valence-electron chi connectivity index (χ1n) is 10.5. The molecule has 1 aromatic rings. The first-order valence-corrected chi connectivity index (χ1v) is 10.5. The van der Waals surface area contributed by atoms with Gasteiger partial charge in [0.1, 0.15) is 6.61 Å². The number of benzene rings is 1. The van der Waals surface area contributed by atoms with Crippen LogP contribution in [-0.4, -0.2) is 57.1 Å². The molecule has 9 nitrogen and oxygen atoms in total. The third kappa shape index (κ3) is 13.1. The van der Waals surface area contributed by atoms with Crippen LogP contribution in [0.5, 0.6) is 0 Å². The lowest BCUT2D eigenvalue weighted by Crippen LogP contribution is -2.30. The summed E-state index contributed by atoms with van der Waals surface area (Å²) in [6, 6.07) is 7.35. The highest BCUT2D eigenvalue weighted by Gasteiger charge is 2.06. The number of hydrogen-bond acceptors (Lipinski definition) is 6. The Morgan fingerprint density at radius 3 is 2.26 bits per heavy atom. The quantitative estimate of drug-likeness (QED) is 0.277. The minimum absolute atomic E-state index is 0.0583. The molecule has 0 heterocycles. The van der Waals surface area contributed by atoms with E-state index in [1.807, 2.05) is 31.2 Å². The van der Waals surface area contributed by atoms with Crippen LogP contribution < -0.4 is 16.0 Å². The fourth-order valence-corrected chi connectivity index (χ4v) is 2.50. The lowest BCUT2D eigenvalue weighted by atomic mass is 10.1. The number of carbonyl (C=O) groups is 4. The van der Waals surface area contributed by atoms with E-state index in [1.54, 1.807) is 7.05 Å². The summed E-state index contributed by atoms with van der Waals surface area (Å²) < 4.78 is 10.3. The molecule has 3 amide bonds. The SMILES string of the molecule is CCCC(=O)OCCCOCC(=O)NCc1ccc(CC(=O)NCCC(=O)NC)cc1. The van der Waals surface area contributed by atoms with Crippen LogP contribution in [0.2, 0.25) is 0 Å². The van der Waals surface area contributed by atoms with Gasteiger partial charge in [0.15, 0.2) is 0 Å². The molecule has 3 N–H and O–H groups in total. The summed E-state index contributed by atoms with van der Waals surface area (Å²) in [6.07, 6.45) is 2.19. The van der Waals surface area contributed by atoms with Crippen molar-refractivity contribution >= 4 is 23.7 Å². The summed E-state index contributed by atoms with van der Waals surface area (Å²) in [5.74, 6) is -0.720. The Kier molecular flexibility index (Phi) is 13.3. The first kappa shape index (κ1) is 26.1. The smallest absolute Gasteiger partial charge is 0.305 e. The van der Waals surface area contributed by atoms with Crippen LogP contribution in [0.4, 0.5) is 0 Å². The Balaban J connectivity index is 2.16. The zero-order valence-electron chi connectivity index (χ0n) is 18.3. The van der Waals surface area contributed by atoms with E-state index >= 15 is 0 Å². The van der Waals surface area contributed by atoms with E-state index in [0.717, 1.165) is 17.5 Å². The van der Waals surface area contributed by atoms with Crippen molar-refractivity contribution in [2.75, 3.05) is 33.4 Å². The van der Waals surface area contributed by atoms with Gasteiger partial charge in [-0.3, -0.25) is 19.2 Å². The van der Waals surface area contributed by atoms with Gasteiger partial charge in [-0.25, -0.2) is 0 Å². The van der Waals surface area contributed by atoms with E-state index in [4.69, 9.17) is 9.47 Å². The molecule has 0 spiro atoms. The van der Waals surface area contributed by atoms with Crippen LogP contribution in [0.3, 0.4) is 0 Å². The molecule has 1 rings (SSSR count). The predicted octanol–water partition coefficient (Wildman–Crippen LogP) is 0.848. The zero-order chi connectivity index (χ0) is 22.9. The minimum atomic E-state index is -0.234. The number of hydrogen-bond donors (Lipinski definition) is 3. The third-order valence-corrected chi connectivity index (χ3v) is 4.21. The Morgan fingerprint density at radius 1 is 0.871 bits per heavy atom. The molecule has 0 radical (unpaired) electrons. The maximum Gasteiger partial charge on any atom is 0.305 e. The largest absolute Gasteiger partial charge is 0.466 e.